The smallest absolute Gasteiger partial charge is 0.147 e. The molecule has 3 heteroatoms. The van der Waals surface area contributed by atoms with Gasteiger partial charge in [0.15, 0.2) is 0 Å². The first-order chi connectivity index (χ1) is 9.88. The highest BCUT2D eigenvalue weighted by molar-refractivity contribution is 8.08. The molecule has 0 aromatic heterocycles. The van der Waals surface area contributed by atoms with Crippen molar-refractivity contribution >= 4 is 20.7 Å². The van der Waals surface area contributed by atoms with Crippen LogP contribution in [0.4, 0.5) is 0 Å². The van der Waals surface area contributed by atoms with Gasteiger partial charge in [-0.3, -0.25) is 0 Å². The molecule has 0 radical (unpaired) electrons. The lowest BCUT2D eigenvalue weighted by Gasteiger charge is -2.19. The van der Waals surface area contributed by atoms with Crippen LogP contribution in [0, 0.1) is 0 Å². The van der Waals surface area contributed by atoms with Crippen LogP contribution in [0.25, 0.3) is 11.1 Å². The van der Waals surface area contributed by atoms with Crippen LogP contribution in [0.5, 0.6) is 0 Å². The third-order valence-corrected chi connectivity index (χ3v) is 4.30. The maximum absolute atomic E-state index is 11.1. The van der Waals surface area contributed by atoms with Crippen LogP contribution in [0.3, 0.4) is 0 Å². The monoisotopic (exact) mass is 322 g/mol. The van der Waals surface area contributed by atoms with E-state index < -0.39 is 10.0 Å². The molecule has 0 aliphatic heterocycles. The molecule has 0 aliphatic rings. The van der Waals surface area contributed by atoms with E-state index in [1.165, 1.54) is 5.56 Å². The Morgan fingerprint density at radius 2 is 1.19 bits per heavy atom. The SMILES string of the molecule is CC.CC(C)(C)c1ccc(-c2ccc(S(=O)Cl)cc2)cc1. The Hall–Kier alpha value is -1.12. The minimum Gasteiger partial charge on any atom is -0.237 e. The lowest BCUT2D eigenvalue weighted by Crippen LogP contribution is -2.10. The van der Waals surface area contributed by atoms with Crippen LogP contribution in [0.2, 0.25) is 0 Å². The van der Waals surface area contributed by atoms with Gasteiger partial charge in [0.1, 0.15) is 10.0 Å². The van der Waals surface area contributed by atoms with Gasteiger partial charge in [-0.25, -0.2) is 4.21 Å². The normalized spacial score (nSPS) is 12.3. The average Bonchev–Trinajstić information content (AvgIpc) is 2.49. The Morgan fingerprint density at radius 1 is 0.810 bits per heavy atom. The van der Waals surface area contributed by atoms with Crippen molar-refractivity contribution in [3.63, 3.8) is 0 Å². The quantitative estimate of drug-likeness (QED) is 0.625. The zero-order valence-corrected chi connectivity index (χ0v) is 14.9. The summed E-state index contributed by atoms with van der Waals surface area (Å²) in [5.74, 6) is 0. The van der Waals surface area contributed by atoms with E-state index in [1.807, 2.05) is 26.0 Å². The Morgan fingerprint density at radius 3 is 1.52 bits per heavy atom. The fourth-order valence-corrected chi connectivity index (χ4v) is 2.58. The molecule has 21 heavy (non-hydrogen) atoms. The molecule has 2 aromatic rings. The van der Waals surface area contributed by atoms with E-state index >= 15 is 0 Å². The summed E-state index contributed by atoms with van der Waals surface area (Å²) in [5.41, 5.74) is 3.73. The van der Waals surface area contributed by atoms with Crippen LogP contribution in [-0.2, 0) is 15.4 Å². The first-order valence-electron chi connectivity index (χ1n) is 7.17. The average molecular weight is 323 g/mol. The van der Waals surface area contributed by atoms with Crippen LogP contribution in [0.1, 0.15) is 40.2 Å². The molecule has 0 bridgehead atoms. The van der Waals surface area contributed by atoms with E-state index in [0.29, 0.717) is 4.90 Å². The van der Waals surface area contributed by atoms with Gasteiger partial charge >= 0.3 is 0 Å². The molecule has 0 heterocycles. The number of hydrogen-bond donors (Lipinski definition) is 0. The van der Waals surface area contributed by atoms with Crippen molar-refractivity contribution in [1.82, 2.24) is 0 Å². The second kappa shape index (κ2) is 7.77. The fourth-order valence-electron chi connectivity index (χ4n) is 1.92. The first-order valence-corrected chi connectivity index (χ1v) is 9.14. The number of halogens is 1. The van der Waals surface area contributed by atoms with Crippen LogP contribution in [0.15, 0.2) is 53.4 Å². The summed E-state index contributed by atoms with van der Waals surface area (Å²) in [7, 11) is 4.11. The molecule has 0 saturated heterocycles. The molecular formula is C18H23ClOS. The second-order valence-electron chi connectivity index (χ2n) is 5.58. The van der Waals surface area contributed by atoms with E-state index in [4.69, 9.17) is 10.7 Å². The molecule has 0 fully saturated rings. The van der Waals surface area contributed by atoms with Crippen LogP contribution >= 0.6 is 10.7 Å². The van der Waals surface area contributed by atoms with Crippen LogP contribution < -0.4 is 0 Å². The highest BCUT2D eigenvalue weighted by Crippen LogP contribution is 2.26. The maximum Gasteiger partial charge on any atom is 0.147 e. The summed E-state index contributed by atoms with van der Waals surface area (Å²) in [6.45, 7) is 10.6. The predicted molar refractivity (Wildman–Crippen MR) is 94.2 cm³/mol. The molecule has 1 atom stereocenters. The Kier molecular flexibility index (Phi) is 6.63. The van der Waals surface area contributed by atoms with Gasteiger partial charge in [-0.05, 0) is 44.9 Å². The molecule has 2 rings (SSSR count). The van der Waals surface area contributed by atoms with Gasteiger partial charge in [0.2, 0.25) is 0 Å². The highest BCUT2D eigenvalue weighted by atomic mass is 35.7. The minimum absolute atomic E-state index is 0.165. The van der Waals surface area contributed by atoms with Crippen molar-refractivity contribution in [2.45, 2.75) is 44.9 Å². The van der Waals surface area contributed by atoms with Gasteiger partial charge in [-0.15, -0.1) is 0 Å². The summed E-state index contributed by atoms with van der Waals surface area (Å²) < 4.78 is 11.1. The fraction of sp³-hybridized carbons (Fsp3) is 0.333. The second-order valence-corrected chi connectivity index (χ2v) is 7.33. The van der Waals surface area contributed by atoms with Crippen LogP contribution in [-0.4, -0.2) is 4.21 Å². The molecule has 1 unspecified atom stereocenters. The first kappa shape index (κ1) is 17.9. The third-order valence-electron chi connectivity index (χ3n) is 3.12. The highest BCUT2D eigenvalue weighted by Gasteiger charge is 2.13. The molecular weight excluding hydrogens is 300 g/mol. The Bertz CT molecular complexity index is 580. The van der Waals surface area contributed by atoms with E-state index in [2.05, 4.69) is 45.0 Å². The van der Waals surface area contributed by atoms with E-state index in [1.54, 1.807) is 12.1 Å². The number of hydrogen-bond acceptors (Lipinski definition) is 1. The van der Waals surface area contributed by atoms with Crippen molar-refractivity contribution < 1.29 is 4.21 Å². The zero-order valence-electron chi connectivity index (χ0n) is 13.3. The summed E-state index contributed by atoms with van der Waals surface area (Å²) in [5, 5.41) is 0. The lowest BCUT2D eigenvalue weighted by atomic mass is 9.86. The molecule has 0 amide bonds. The van der Waals surface area contributed by atoms with E-state index in [0.717, 1.165) is 11.1 Å². The topological polar surface area (TPSA) is 17.1 Å². The maximum atomic E-state index is 11.1. The van der Waals surface area contributed by atoms with Crippen molar-refractivity contribution in [3.05, 3.63) is 54.1 Å². The van der Waals surface area contributed by atoms with Gasteiger partial charge < -0.3 is 0 Å². The molecule has 1 nitrogen and oxygen atoms in total. The number of rotatable bonds is 2. The van der Waals surface area contributed by atoms with Crippen molar-refractivity contribution in [2.24, 2.45) is 0 Å². The van der Waals surface area contributed by atoms with Gasteiger partial charge in [0.25, 0.3) is 0 Å². The van der Waals surface area contributed by atoms with Gasteiger partial charge in [0.05, 0.1) is 4.90 Å². The van der Waals surface area contributed by atoms with Gasteiger partial charge in [-0.1, -0.05) is 71.0 Å². The summed E-state index contributed by atoms with van der Waals surface area (Å²) in [6, 6.07) is 16.0. The van der Waals surface area contributed by atoms with Gasteiger partial charge in [-0.2, -0.15) is 0 Å². The molecule has 0 N–H and O–H groups in total. The minimum atomic E-state index is -1.44. The number of benzene rings is 2. The Balaban J connectivity index is 0.00000106. The van der Waals surface area contributed by atoms with Crippen molar-refractivity contribution in [1.29, 1.82) is 0 Å². The summed E-state index contributed by atoms with van der Waals surface area (Å²) in [4.78, 5) is 0.636. The molecule has 114 valence electrons. The zero-order chi connectivity index (χ0) is 16.0. The Labute approximate surface area is 135 Å². The summed E-state index contributed by atoms with van der Waals surface area (Å²) >= 11 is 0. The lowest BCUT2D eigenvalue weighted by molar-refractivity contribution is 0.590. The molecule has 0 aliphatic carbocycles. The standard InChI is InChI=1S/C16H17ClOS.C2H6/c1-16(2,3)14-8-4-12(5-9-14)13-6-10-15(11-7-13)19(17)18;1-2/h4-11H,1-3H3;1-2H3. The third kappa shape index (κ3) is 4.98. The molecule has 0 saturated carbocycles. The van der Waals surface area contributed by atoms with Crippen molar-refractivity contribution in [2.75, 3.05) is 0 Å². The molecule has 2 aromatic carbocycles. The predicted octanol–water partition coefficient (Wildman–Crippen LogP) is 5.94. The summed E-state index contributed by atoms with van der Waals surface area (Å²) in [6.07, 6.45) is 0. The molecule has 0 spiro atoms. The van der Waals surface area contributed by atoms with Gasteiger partial charge in [0, 0.05) is 0 Å². The van der Waals surface area contributed by atoms with Crippen molar-refractivity contribution in [3.8, 4) is 11.1 Å². The largest absolute Gasteiger partial charge is 0.237 e. The van der Waals surface area contributed by atoms with E-state index in [-0.39, 0.29) is 5.41 Å². The van der Waals surface area contributed by atoms with E-state index in [9.17, 15) is 4.21 Å².